The summed E-state index contributed by atoms with van der Waals surface area (Å²) < 4.78 is 18.6. The molecule has 2 atom stereocenters. The average Bonchev–Trinajstić information content (AvgIpc) is 3.23. The molecule has 0 radical (unpaired) electrons. The lowest BCUT2D eigenvalue weighted by molar-refractivity contribution is -0.138. The van der Waals surface area contributed by atoms with Crippen molar-refractivity contribution in [1.29, 1.82) is 0 Å². The van der Waals surface area contributed by atoms with E-state index in [1.807, 2.05) is 6.07 Å². The van der Waals surface area contributed by atoms with Crippen LogP contribution < -0.4 is 4.74 Å². The molecule has 0 aliphatic carbocycles. The van der Waals surface area contributed by atoms with Gasteiger partial charge in [-0.05, 0) is 36.8 Å². The summed E-state index contributed by atoms with van der Waals surface area (Å²) in [7, 11) is 0. The summed E-state index contributed by atoms with van der Waals surface area (Å²) in [4.78, 5) is 43.9. The van der Waals surface area contributed by atoms with Gasteiger partial charge in [-0.1, -0.05) is 6.07 Å². The Morgan fingerprint density at radius 1 is 1.10 bits per heavy atom. The number of amides is 3. The zero-order chi connectivity index (χ0) is 22.0. The fourth-order valence-corrected chi connectivity index (χ4v) is 5.16. The largest absolute Gasteiger partial charge is 0.439 e. The molecule has 2 aliphatic heterocycles. The first-order chi connectivity index (χ1) is 14.9. The first kappa shape index (κ1) is 21.3. The van der Waals surface area contributed by atoms with Crippen LogP contribution in [0.15, 0.2) is 42.6 Å². The smallest absolute Gasteiger partial charge is 0.242 e. The summed E-state index contributed by atoms with van der Waals surface area (Å²) in [6, 6.07) is 9.20. The molecule has 162 valence electrons. The SMILES string of the molecule is CCN1C(=O)CC(S[C@@H]2CC(=O)N(Cc3ccc(Oc4ccc(F)cc4)nc3)C2)C1=O. The molecule has 2 aliphatic rings. The van der Waals surface area contributed by atoms with Crippen molar-refractivity contribution >= 4 is 29.5 Å². The number of hydrogen-bond acceptors (Lipinski definition) is 6. The topological polar surface area (TPSA) is 79.8 Å². The van der Waals surface area contributed by atoms with Crippen molar-refractivity contribution in [3.05, 3.63) is 54.0 Å². The molecule has 2 saturated heterocycles. The van der Waals surface area contributed by atoms with Crippen molar-refractivity contribution in [2.24, 2.45) is 0 Å². The fraction of sp³-hybridized carbons (Fsp3) is 0.364. The van der Waals surface area contributed by atoms with Gasteiger partial charge in [-0.2, -0.15) is 0 Å². The van der Waals surface area contributed by atoms with Crippen LogP contribution in [0, 0.1) is 5.82 Å². The van der Waals surface area contributed by atoms with Crippen LogP contribution >= 0.6 is 11.8 Å². The molecule has 7 nitrogen and oxygen atoms in total. The number of aromatic nitrogens is 1. The molecular weight excluding hydrogens is 421 g/mol. The van der Waals surface area contributed by atoms with Gasteiger partial charge >= 0.3 is 0 Å². The highest BCUT2D eigenvalue weighted by molar-refractivity contribution is 8.01. The minimum atomic E-state index is -0.394. The summed E-state index contributed by atoms with van der Waals surface area (Å²) in [5.74, 6) is 0.256. The summed E-state index contributed by atoms with van der Waals surface area (Å²) >= 11 is 1.43. The third-order valence-corrected chi connectivity index (χ3v) is 6.66. The average molecular weight is 444 g/mol. The van der Waals surface area contributed by atoms with Gasteiger partial charge in [-0.25, -0.2) is 9.37 Å². The van der Waals surface area contributed by atoms with Crippen LogP contribution in [-0.4, -0.2) is 56.1 Å². The van der Waals surface area contributed by atoms with Crippen molar-refractivity contribution in [3.8, 4) is 11.6 Å². The summed E-state index contributed by atoms with van der Waals surface area (Å²) in [5, 5.41) is -0.408. The maximum absolute atomic E-state index is 13.0. The van der Waals surface area contributed by atoms with E-state index in [2.05, 4.69) is 4.98 Å². The first-order valence-electron chi connectivity index (χ1n) is 10.1. The van der Waals surface area contributed by atoms with Gasteiger partial charge in [0.05, 0.1) is 5.25 Å². The number of halogens is 1. The number of benzene rings is 1. The van der Waals surface area contributed by atoms with Crippen LogP contribution in [0.5, 0.6) is 11.6 Å². The molecule has 31 heavy (non-hydrogen) atoms. The Balaban J connectivity index is 1.31. The highest BCUT2D eigenvalue weighted by atomic mass is 32.2. The zero-order valence-corrected chi connectivity index (χ0v) is 17.8. The predicted octanol–water partition coefficient (Wildman–Crippen LogP) is 2.99. The van der Waals surface area contributed by atoms with Crippen LogP contribution in [-0.2, 0) is 20.9 Å². The van der Waals surface area contributed by atoms with Crippen LogP contribution in [0.4, 0.5) is 4.39 Å². The maximum atomic E-state index is 13.0. The summed E-state index contributed by atoms with van der Waals surface area (Å²) in [6.07, 6.45) is 2.21. The highest BCUT2D eigenvalue weighted by Crippen LogP contribution is 2.33. The van der Waals surface area contributed by atoms with Crippen LogP contribution in [0.25, 0.3) is 0 Å². The third-order valence-electron chi connectivity index (χ3n) is 5.26. The van der Waals surface area contributed by atoms with Crippen molar-refractivity contribution in [2.45, 2.75) is 36.8 Å². The van der Waals surface area contributed by atoms with Gasteiger partial charge in [0.15, 0.2) is 0 Å². The molecule has 4 rings (SSSR count). The van der Waals surface area contributed by atoms with Gasteiger partial charge in [0, 0.05) is 50.0 Å². The number of imide groups is 1. The second kappa shape index (κ2) is 9.05. The molecule has 1 aromatic carbocycles. The molecule has 0 bridgehead atoms. The molecule has 0 N–H and O–H groups in total. The quantitative estimate of drug-likeness (QED) is 0.612. The van der Waals surface area contributed by atoms with Gasteiger partial charge in [0.25, 0.3) is 0 Å². The molecule has 0 spiro atoms. The Hall–Kier alpha value is -2.94. The Morgan fingerprint density at radius 2 is 1.87 bits per heavy atom. The fourth-order valence-electron chi connectivity index (χ4n) is 3.71. The Morgan fingerprint density at radius 3 is 2.52 bits per heavy atom. The van der Waals surface area contributed by atoms with E-state index in [1.165, 1.54) is 40.9 Å². The van der Waals surface area contributed by atoms with Gasteiger partial charge < -0.3 is 9.64 Å². The molecule has 9 heteroatoms. The lowest BCUT2D eigenvalue weighted by Crippen LogP contribution is -2.31. The van der Waals surface area contributed by atoms with E-state index in [9.17, 15) is 18.8 Å². The number of thioether (sulfide) groups is 1. The lowest BCUT2D eigenvalue weighted by atomic mass is 10.2. The standard InChI is InChI=1S/C22H22FN3O4S/c1-2-26-21(28)10-18(22(26)29)31-17-9-20(27)25(13-17)12-14-3-8-19(24-11-14)30-16-6-4-15(23)5-7-16/h3-8,11,17-18H,2,9-10,12-13H2,1H3/t17-,18?/m1/s1. The molecular formula is C22H22FN3O4S. The van der Waals surface area contributed by atoms with Crippen molar-refractivity contribution in [2.75, 3.05) is 13.1 Å². The predicted molar refractivity (Wildman–Crippen MR) is 113 cm³/mol. The molecule has 3 heterocycles. The van der Waals surface area contributed by atoms with E-state index in [1.54, 1.807) is 24.1 Å². The van der Waals surface area contributed by atoms with Gasteiger partial charge in [0.1, 0.15) is 11.6 Å². The number of carbonyl (C=O) groups is 3. The molecule has 0 saturated carbocycles. The third kappa shape index (κ3) is 4.87. The highest BCUT2D eigenvalue weighted by Gasteiger charge is 2.41. The van der Waals surface area contributed by atoms with E-state index < -0.39 is 5.25 Å². The Labute approximate surface area is 183 Å². The summed E-state index contributed by atoms with van der Waals surface area (Å²) in [5.41, 5.74) is 0.856. The van der Waals surface area contributed by atoms with Gasteiger partial charge in [-0.3, -0.25) is 19.3 Å². The van der Waals surface area contributed by atoms with E-state index >= 15 is 0 Å². The molecule has 2 aromatic rings. The number of pyridine rings is 1. The van der Waals surface area contributed by atoms with E-state index in [0.717, 1.165) is 5.56 Å². The van der Waals surface area contributed by atoms with E-state index in [4.69, 9.17) is 4.74 Å². The van der Waals surface area contributed by atoms with Crippen molar-refractivity contribution in [3.63, 3.8) is 0 Å². The van der Waals surface area contributed by atoms with Crippen molar-refractivity contribution < 1.29 is 23.5 Å². The molecule has 3 amide bonds. The number of nitrogens with zero attached hydrogens (tertiary/aromatic N) is 3. The minimum Gasteiger partial charge on any atom is -0.439 e. The number of hydrogen-bond donors (Lipinski definition) is 0. The molecule has 2 fully saturated rings. The second-order valence-electron chi connectivity index (χ2n) is 7.47. The van der Waals surface area contributed by atoms with Gasteiger partial charge in [-0.15, -0.1) is 11.8 Å². The molecule has 1 aromatic heterocycles. The Bertz CT molecular complexity index is 983. The van der Waals surface area contributed by atoms with E-state index in [-0.39, 0.29) is 35.2 Å². The van der Waals surface area contributed by atoms with Gasteiger partial charge in [0.2, 0.25) is 23.6 Å². The zero-order valence-electron chi connectivity index (χ0n) is 17.0. The number of rotatable bonds is 7. The lowest BCUT2D eigenvalue weighted by Gasteiger charge is -2.18. The minimum absolute atomic E-state index is 0.0138. The number of likely N-dealkylation sites (tertiary alicyclic amines) is 2. The summed E-state index contributed by atoms with van der Waals surface area (Å²) in [6.45, 7) is 3.12. The normalized spacial score (nSPS) is 21.3. The van der Waals surface area contributed by atoms with Crippen molar-refractivity contribution in [1.82, 2.24) is 14.8 Å². The number of ether oxygens (including phenoxy) is 1. The van der Waals surface area contributed by atoms with Crippen LogP contribution in [0.2, 0.25) is 0 Å². The maximum Gasteiger partial charge on any atom is 0.242 e. The molecule has 1 unspecified atom stereocenters. The monoisotopic (exact) mass is 443 g/mol. The van der Waals surface area contributed by atoms with Crippen LogP contribution in [0.3, 0.4) is 0 Å². The van der Waals surface area contributed by atoms with E-state index in [0.29, 0.717) is 37.7 Å². The number of carbonyl (C=O) groups excluding carboxylic acids is 3. The first-order valence-corrected chi connectivity index (χ1v) is 11.0. The van der Waals surface area contributed by atoms with Crippen LogP contribution in [0.1, 0.15) is 25.3 Å². The Kier molecular flexibility index (Phi) is 6.22. The second-order valence-corrected chi connectivity index (χ2v) is 8.97.